The minimum atomic E-state index is -0.520. The van der Waals surface area contributed by atoms with E-state index in [-0.39, 0.29) is 12.0 Å². The summed E-state index contributed by atoms with van der Waals surface area (Å²) in [5.74, 6) is 0.559. The van der Waals surface area contributed by atoms with Crippen LogP contribution in [0.1, 0.15) is 26.2 Å². The van der Waals surface area contributed by atoms with E-state index in [1.165, 1.54) is 0 Å². The Bertz CT molecular complexity index is 472. The zero-order chi connectivity index (χ0) is 16.5. The van der Waals surface area contributed by atoms with Crippen LogP contribution in [-0.4, -0.2) is 44.5 Å². The second-order valence-corrected chi connectivity index (χ2v) is 5.61. The Hall–Kier alpha value is -1.63. The van der Waals surface area contributed by atoms with Gasteiger partial charge in [-0.1, -0.05) is 0 Å². The Balaban J connectivity index is 1.73. The minimum Gasteiger partial charge on any atom is -0.492 e. The van der Waals surface area contributed by atoms with Crippen LogP contribution in [0.2, 0.25) is 0 Å². The van der Waals surface area contributed by atoms with E-state index in [0.717, 1.165) is 31.6 Å². The summed E-state index contributed by atoms with van der Waals surface area (Å²) in [6, 6.07) is 7.18. The summed E-state index contributed by atoms with van der Waals surface area (Å²) in [6.45, 7) is 3.93. The first-order chi connectivity index (χ1) is 11.2. The van der Waals surface area contributed by atoms with E-state index in [4.69, 9.17) is 19.9 Å². The second kappa shape index (κ2) is 9.50. The molecule has 128 valence electrons. The van der Waals surface area contributed by atoms with Crippen molar-refractivity contribution in [2.75, 3.05) is 31.7 Å². The number of rotatable bonds is 8. The molecule has 0 aliphatic carbocycles. The van der Waals surface area contributed by atoms with Crippen LogP contribution in [0.3, 0.4) is 0 Å². The lowest BCUT2D eigenvalue weighted by atomic mass is 10.1. The van der Waals surface area contributed by atoms with E-state index in [1.807, 2.05) is 0 Å². The number of hydrogen-bond donors (Lipinski definition) is 2. The first kappa shape index (κ1) is 17.7. The molecule has 6 heteroatoms. The molecule has 6 nitrogen and oxygen atoms in total. The van der Waals surface area contributed by atoms with Crippen molar-refractivity contribution in [3.8, 4) is 5.75 Å². The quantitative estimate of drug-likeness (QED) is 0.764. The fourth-order valence-electron chi connectivity index (χ4n) is 2.32. The number of amides is 1. The normalized spacial score (nSPS) is 19.1. The highest BCUT2D eigenvalue weighted by atomic mass is 16.5. The van der Waals surface area contributed by atoms with Crippen molar-refractivity contribution in [1.29, 1.82) is 0 Å². The van der Waals surface area contributed by atoms with Crippen molar-refractivity contribution in [1.82, 2.24) is 0 Å². The molecule has 0 radical (unpaired) electrons. The van der Waals surface area contributed by atoms with Crippen molar-refractivity contribution in [2.45, 2.75) is 38.4 Å². The van der Waals surface area contributed by atoms with Gasteiger partial charge in [0.25, 0.3) is 5.91 Å². The van der Waals surface area contributed by atoms with Gasteiger partial charge in [0.2, 0.25) is 0 Å². The third kappa shape index (κ3) is 6.17. The first-order valence-electron chi connectivity index (χ1n) is 8.16. The van der Waals surface area contributed by atoms with Gasteiger partial charge in [-0.25, -0.2) is 0 Å². The summed E-state index contributed by atoms with van der Waals surface area (Å²) >= 11 is 0. The predicted molar refractivity (Wildman–Crippen MR) is 88.6 cm³/mol. The van der Waals surface area contributed by atoms with E-state index in [9.17, 15) is 4.79 Å². The van der Waals surface area contributed by atoms with E-state index < -0.39 is 6.10 Å². The lowest BCUT2D eigenvalue weighted by Crippen LogP contribution is -2.32. The Morgan fingerprint density at radius 1 is 1.39 bits per heavy atom. The molecule has 23 heavy (non-hydrogen) atoms. The maximum Gasteiger partial charge on any atom is 0.253 e. The molecule has 1 fully saturated rings. The molecular formula is C17H26N2O4. The fourth-order valence-corrected chi connectivity index (χ4v) is 2.32. The number of benzene rings is 1. The number of carbonyl (C=O) groups excluding carboxylic acids is 1. The summed E-state index contributed by atoms with van der Waals surface area (Å²) in [5, 5.41) is 2.83. The van der Waals surface area contributed by atoms with Gasteiger partial charge < -0.3 is 25.3 Å². The Labute approximate surface area is 137 Å². The maximum atomic E-state index is 12.1. The third-order valence-electron chi connectivity index (χ3n) is 3.68. The van der Waals surface area contributed by atoms with Crippen molar-refractivity contribution < 1.29 is 19.0 Å². The molecule has 0 spiro atoms. The molecule has 2 unspecified atom stereocenters. The van der Waals surface area contributed by atoms with Crippen LogP contribution in [0.4, 0.5) is 5.69 Å². The molecule has 1 aliphatic heterocycles. The van der Waals surface area contributed by atoms with E-state index in [2.05, 4.69) is 5.32 Å². The first-order valence-corrected chi connectivity index (χ1v) is 8.16. The summed E-state index contributed by atoms with van der Waals surface area (Å²) in [4.78, 5) is 12.1. The monoisotopic (exact) mass is 322 g/mol. The lowest BCUT2D eigenvalue weighted by Gasteiger charge is -2.23. The van der Waals surface area contributed by atoms with Crippen LogP contribution in [0.5, 0.6) is 5.75 Å². The fraction of sp³-hybridized carbons (Fsp3) is 0.588. The highest BCUT2D eigenvalue weighted by Gasteiger charge is 2.19. The van der Waals surface area contributed by atoms with Crippen LogP contribution in [0, 0.1) is 0 Å². The standard InChI is InChI=1S/C17H26N2O4/c1-13(23-12-16-4-2-3-10-21-16)17(20)19-14-5-7-15(8-6-14)22-11-9-18/h5-8,13,16H,2-4,9-12,18H2,1H3,(H,19,20). The average molecular weight is 322 g/mol. The number of nitrogens with one attached hydrogen (secondary N) is 1. The SMILES string of the molecule is CC(OCC1CCCCO1)C(=O)Nc1ccc(OCCN)cc1. The summed E-state index contributed by atoms with van der Waals surface area (Å²) in [6.07, 6.45) is 2.86. The summed E-state index contributed by atoms with van der Waals surface area (Å²) in [5.41, 5.74) is 6.09. The minimum absolute atomic E-state index is 0.109. The Morgan fingerprint density at radius 3 is 2.83 bits per heavy atom. The highest BCUT2D eigenvalue weighted by molar-refractivity contribution is 5.93. The van der Waals surface area contributed by atoms with E-state index in [1.54, 1.807) is 31.2 Å². The molecule has 2 rings (SSSR count). The van der Waals surface area contributed by atoms with Gasteiger partial charge >= 0.3 is 0 Å². The maximum absolute atomic E-state index is 12.1. The zero-order valence-electron chi connectivity index (χ0n) is 13.6. The smallest absolute Gasteiger partial charge is 0.253 e. The van der Waals surface area contributed by atoms with Crippen LogP contribution < -0.4 is 15.8 Å². The predicted octanol–water partition coefficient (Wildman–Crippen LogP) is 1.94. The molecule has 0 aromatic heterocycles. The molecular weight excluding hydrogens is 296 g/mol. The molecule has 0 bridgehead atoms. The summed E-state index contributed by atoms with van der Waals surface area (Å²) < 4.78 is 16.6. The van der Waals surface area contributed by atoms with E-state index in [0.29, 0.717) is 25.4 Å². The Morgan fingerprint density at radius 2 is 2.17 bits per heavy atom. The number of nitrogens with two attached hydrogens (primary N) is 1. The van der Waals surface area contributed by atoms with Gasteiger partial charge in [0.05, 0.1) is 12.7 Å². The topological polar surface area (TPSA) is 82.8 Å². The number of anilines is 1. The molecule has 0 saturated carbocycles. The molecule has 1 heterocycles. The molecule has 1 aromatic carbocycles. The molecule has 1 aromatic rings. The van der Waals surface area contributed by atoms with E-state index >= 15 is 0 Å². The van der Waals surface area contributed by atoms with Crippen LogP contribution >= 0.6 is 0 Å². The largest absolute Gasteiger partial charge is 0.492 e. The van der Waals surface area contributed by atoms with Crippen LogP contribution in [0.25, 0.3) is 0 Å². The Kier molecular flexibility index (Phi) is 7.32. The van der Waals surface area contributed by atoms with Crippen molar-refractivity contribution in [3.63, 3.8) is 0 Å². The molecule has 1 saturated heterocycles. The summed E-state index contributed by atoms with van der Waals surface area (Å²) in [7, 11) is 0. The van der Waals surface area contributed by atoms with Gasteiger partial charge in [-0.3, -0.25) is 4.79 Å². The van der Waals surface area contributed by atoms with Crippen molar-refractivity contribution in [2.24, 2.45) is 5.73 Å². The van der Waals surface area contributed by atoms with Gasteiger partial charge in [0.15, 0.2) is 0 Å². The molecule has 1 amide bonds. The van der Waals surface area contributed by atoms with Gasteiger partial charge in [0, 0.05) is 18.8 Å². The average Bonchev–Trinajstić information content (AvgIpc) is 2.60. The van der Waals surface area contributed by atoms with Crippen molar-refractivity contribution in [3.05, 3.63) is 24.3 Å². The number of carbonyl (C=O) groups is 1. The molecule has 3 N–H and O–H groups in total. The number of hydrogen-bond acceptors (Lipinski definition) is 5. The lowest BCUT2D eigenvalue weighted by molar-refractivity contribution is -0.130. The third-order valence-corrected chi connectivity index (χ3v) is 3.68. The van der Waals surface area contributed by atoms with Crippen molar-refractivity contribution >= 4 is 11.6 Å². The van der Waals surface area contributed by atoms with Gasteiger partial charge in [-0.2, -0.15) is 0 Å². The molecule has 1 aliphatic rings. The van der Waals surface area contributed by atoms with Crippen LogP contribution in [-0.2, 0) is 14.3 Å². The van der Waals surface area contributed by atoms with Gasteiger partial charge in [-0.15, -0.1) is 0 Å². The van der Waals surface area contributed by atoms with Crippen LogP contribution in [0.15, 0.2) is 24.3 Å². The highest BCUT2D eigenvalue weighted by Crippen LogP contribution is 2.17. The number of ether oxygens (including phenoxy) is 3. The second-order valence-electron chi connectivity index (χ2n) is 5.61. The van der Waals surface area contributed by atoms with Gasteiger partial charge in [0.1, 0.15) is 18.5 Å². The zero-order valence-corrected chi connectivity index (χ0v) is 13.6. The van der Waals surface area contributed by atoms with Gasteiger partial charge in [-0.05, 0) is 50.5 Å². The molecule has 2 atom stereocenters.